The minimum atomic E-state index is -0.332. The van der Waals surface area contributed by atoms with Crippen LogP contribution in [0.15, 0.2) is 24.4 Å². The van der Waals surface area contributed by atoms with Gasteiger partial charge in [-0.1, -0.05) is 11.6 Å². The molecule has 0 spiro atoms. The summed E-state index contributed by atoms with van der Waals surface area (Å²) in [5.41, 5.74) is 1.80. The largest absolute Gasteiger partial charge is 0.255 e. The predicted octanol–water partition coefficient (Wildman–Crippen LogP) is 2.21. The second-order valence-electron chi connectivity index (χ2n) is 2.61. The van der Waals surface area contributed by atoms with E-state index in [-0.39, 0.29) is 6.61 Å². The summed E-state index contributed by atoms with van der Waals surface area (Å²) in [7, 11) is 0. The molecular formula is C9H6ClN2O. The third-order valence-electron chi connectivity index (χ3n) is 1.74. The Balaban J connectivity index is 2.74. The fourth-order valence-electron chi connectivity index (χ4n) is 1.11. The molecule has 0 saturated heterocycles. The first-order valence-corrected chi connectivity index (χ1v) is 4.17. The summed E-state index contributed by atoms with van der Waals surface area (Å²) in [5.74, 6) is 0. The molecule has 0 bridgehead atoms. The lowest BCUT2D eigenvalue weighted by Crippen LogP contribution is -1.90. The van der Waals surface area contributed by atoms with E-state index in [0.717, 1.165) is 0 Å². The van der Waals surface area contributed by atoms with Crippen LogP contribution < -0.4 is 0 Å². The summed E-state index contributed by atoms with van der Waals surface area (Å²) in [4.78, 5) is 8.15. The summed E-state index contributed by atoms with van der Waals surface area (Å²) in [6.45, 7) is -0.332. The Kier molecular flexibility index (Phi) is 2.12. The first-order chi connectivity index (χ1) is 6.31. The topological polar surface area (TPSA) is 45.7 Å². The van der Waals surface area contributed by atoms with Crippen molar-refractivity contribution in [2.24, 2.45) is 0 Å². The van der Waals surface area contributed by atoms with Crippen molar-refractivity contribution in [2.75, 3.05) is 0 Å². The molecule has 65 valence electrons. The lowest BCUT2D eigenvalue weighted by atomic mass is 10.3. The highest BCUT2D eigenvalue weighted by molar-refractivity contribution is 6.34. The van der Waals surface area contributed by atoms with E-state index >= 15 is 0 Å². The quantitative estimate of drug-likeness (QED) is 0.697. The maximum absolute atomic E-state index is 10.6. The van der Waals surface area contributed by atoms with E-state index in [1.165, 1.54) is 0 Å². The van der Waals surface area contributed by atoms with Crippen LogP contribution >= 0.6 is 11.6 Å². The zero-order valence-corrected chi connectivity index (χ0v) is 7.45. The highest BCUT2D eigenvalue weighted by atomic mass is 35.5. The van der Waals surface area contributed by atoms with Gasteiger partial charge in [-0.15, -0.1) is 0 Å². The number of hydrogen-bond acceptors (Lipinski definition) is 2. The van der Waals surface area contributed by atoms with Gasteiger partial charge in [-0.2, -0.15) is 0 Å². The zero-order chi connectivity index (χ0) is 9.26. The van der Waals surface area contributed by atoms with Crippen LogP contribution in [-0.2, 0) is 11.7 Å². The van der Waals surface area contributed by atoms with Gasteiger partial charge in [0.15, 0.2) is 0 Å². The van der Waals surface area contributed by atoms with Gasteiger partial charge in [0.05, 0.1) is 16.2 Å². The van der Waals surface area contributed by atoms with Gasteiger partial charge in [-0.3, -0.25) is 4.98 Å². The Bertz CT molecular complexity index is 445. The first-order valence-electron chi connectivity index (χ1n) is 3.79. The van der Waals surface area contributed by atoms with Crippen molar-refractivity contribution in [1.82, 2.24) is 9.97 Å². The third-order valence-corrected chi connectivity index (χ3v) is 2.05. The monoisotopic (exact) mass is 193 g/mol. The van der Waals surface area contributed by atoms with Gasteiger partial charge < -0.3 is 0 Å². The molecule has 0 saturated carbocycles. The fraction of sp³-hybridized carbons (Fsp3) is 0.111. The average molecular weight is 194 g/mol. The molecule has 0 aliphatic heterocycles. The SMILES string of the molecule is [O]Cc1ccc2nccc(Cl)c2n1. The van der Waals surface area contributed by atoms with E-state index in [1.54, 1.807) is 24.4 Å². The average Bonchev–Trinajstić information content (AvgIpc) is 2.18. The molecule has 0 atom stereocenters. The van der Waals surface area contributed by atoms with Crippen LogP contribution in [0, 0.1) is 0 Å². The molecule has 1 radical (unpaired) electrons. The molecule has 0 aromatic carbocycles. The minimum Gasteiger partial charge on any atom is -0.255 e. The van der Waals surface area contributed by atoms with Crippen molar-refractivity contribution in [3.8, 4) is 0 Å². The van der Waals surface area contributed by atoms with E-state index in [2.05, 4.69) is 9.97 Å². The second kappa shape index (κ2) is 3.28. The van der Waals surface area contributed by atoms with E-state index in [4.69, 9.17) is 11.6 Å². The summed E-state index contributed by atoms with van der Waals surface area (Å²) >= 11 is 5.88. The summed E-state index contributed by atoms with van der Waals surface area (Å²) in [6.07, 6.45) is 1.61. The van der Waals surface area contributed by atoms with Crippen molar-refractivity contribution in [1.29, 1.82) is 0 Å². The van der Waals surface area contributed by atoms with Crippen LogP contribution in [0.1, 0.15) is 5.69 Å². The number of hydrogen-bond donors (Lipinski definition) is 0. The van der Waals surface area contributed by atoms with Gasteiger partial charge in [0.1, 0.15) is 12.1 Å². The van der Waals surface area contributed by atoms with Crippen molar-refractivity contribution < 1.29 is 5.11 Å². The summed E-state index contributed by atoms with van der Waals surface area (Å²) in [5, 5.41) is 11.1. The molecule has 0 aliphatic carbocycles. The molecule has 13 heavy (non-hydrogen) atoms. The number of halogens is 1. The molecule has 0 fully saturated rings. The van der Waals surface area contributed by atoms with Gasteiger partial charge in [0.2, 0.25) is 0 Å². The van der Waals surface area contributed by atoms with E-state index in [9.17, 15) is 5.11 Å². The zero-order valence-electron chi connectivity index (χ0n) is 6.70. The number of pyridine rings is 2. The Morgan fingerprint density at radius 1 is 1.31 bits per heavy atom. The van der Waals surface area contributed by atoms with Gasteiger partial charge in [-0.05, 0) is 18.2 Å². The van der Waals surface area contributed by atoms with Crippen LogP contribution in [-0.4, -0.2) is 9.97 Å². The Labute approximate surface area is 80.0 Å². The van der Waals surface area contributed by atoms with E-state index in [0.29, 0.717) is 21.7 Å². The lowest BCUT2D eigenvalue weighted by molar-refractivity contribution is 0.174. The van der Waals surface area contributed by atoms with E-state index < -0.39 is 0 Å². The van der Waals surface area contributed by atoms with Crippen molar-refractivity contribution in [2.45, 2.75) is 6.61 Å². The van der Waals surface area contributed by atoms with Crippen molar-refractivity contribution in [3.63, 3.8) is 0 Å². The van der Waals surface area contributed by atoms with Gasteiger partial charge in [-0.25, -0.2) is 10.1 Å². The van der Waals surface area contributed by atoms with Gasteiger partial charge in [0.25, 0.3) is 0 Å². The van der Waals surface area contributed by atoms with Gasteiger partial charge >= 0.3 is 0 Å². The number of fused-ring (bicyclic) bond motifs is 1. The Hall–Kier alpha value is -1.19. The third kappa shape index (κ3) is 1.48. The maximum atomic E-state index is 10.6. The highest BCUT2D eigenvalue weighted by Gasteiger charge is 2.02. The predicted molar refractivity (Wildman–Crippen MR) is 48.9 cm³/mol. The number of rotatable bonds is 1. The normalized spacial score (nSPS) is 10.6. The van der Waals surface area contributed by atoms with Crippen LogP contribution in [0.5, 0.6) is 0 Å². The van der Waals surface area contributed by atoms with E-state index in [1.807, 2.05) is 0 Å². The standard InChI is InChI=1S/C9H6ClN2O/c10-7-3-4-11-8-2-1-6(5-13)12-9(7)8/h1-4H,5H2. The molecule has 0 N–H and O–H groups in total. The molecule has 4 heteroatoms. The number of nitrogens with zero attached hydrogens (tertiary/aromatic N) is 2. The molecule has 2 heterocycles. The Morgan fingerprint density at radius 3 is 2.92 bits per heavy atom. The summed E-state index contributed by atoms with van der Waals surface area (Å²) in [6, 6.07) is 5.07. The van der Waals surface area contributed by atoms with Gasteiger partial charge in [0, 0.05) is 6.20 Å². The fourth-order valence-corrected chi connectivity index (χ4v) is 1.31. The molecule has 2 rings (SSSR count). The molecule has 0 aliphatic rings. The smallest absolute Gasteiger partial charge is 0.124 e. The Morgan fingerprint density at radius 2 is 2.15 bits per heavy atom. The lowest BCUT2D eigenvalue weighted by Gasteiger charge is -1.99. The second-order valence-corrected chi connectivity index (χ2v) is 3.01. The molecule has 0 unspecified atom stereocenters. The highest BCUT2D eigenvalue weighted by Crippen LogP contribution is 2.19. The van der Waals surface area contributed by atoms with Crippen molar-refractivity contribution in [3.05, 3.63) is 35.1 Å². The first kappa shape index (κ1) is 8.41. The van der Waals surface area contributed by atoms with Crippen LogP contribution in [0.3, 0.4) is 0 Å². The summed E-state index contributed by atoms with van der Waals surface area (Å²) < 4.78 is 0. The van der Waals surface area contributed by atoms with Crippen molar-refractivity contribution >= 4 is 22.6 Å². The molecular weight excluding hydrogens is 188 g/mol. The minimum absolute atomic E-state index is 0.332. The van der Waals surface area contributed by atoms with Crippen LogP contribution in [0.2, 0.25) is 5.02 Å². The molecule has 3 nitrogen and oxygen atoms in total. The maximum Gasteiger partial charge on any atom is 0.124 e. The number of aromatic nitrogens is 2. The van der Waals surface area contributed by atoms with Crippen LogP contribution in [0.25, 0.3) is 11.0 Å². The van der Waals surface area contributed by atoms with Crippen LogP contribution in [0.4, 0.5) is 0 Å². The molecule has 2 aromatic heterocycles. The molecule has 0 amide bonds. The molecule has 2 aromatic rings.